The van der Waals surface area contributed by atoms with E-state index >= 15 is 0 Å². The minimum absolute atomic E-state index is 0.389. The van der Waals surface area contributed by atoms with Crippen molar-refractivity contribution in [2.24, 2.45) is 0 Å². The van der Waals surface area contributed by atoms with E-state index in [-0.39, 0.29) is 0 Å². The van der Waals surface area contributed by atoms with Crippen LogP contribution in [0.5, 0.6) is 5.75 Å². The van der Waals surface area contributed by atoms with E-state index < -0.39 is 10.1 Å². The van der Waals surface area contributed by atoms with Crippen molar-refractivity contribution in [2.75, 3.05) is 31.6 Å². The molecule has 2 aromatic carbocycles. The monoisotopic (exact) mass is 459 g/mol. The highest BCUT2D eigenvalue weighted by Crippen LogP contribution is 2.25. The summed E-state index contributed by atoms with van der Waals surface area (Å²) in [6.45, 7) is 2.93. The van der Waals surface area contributed by atoms with E-state index in [2.05, 4.69) is 15.1 Å². The lowest BCUT2D eigenvalue weighted by atomic mass is 10.0. The summed E-state index contributed by atoms with van der Waals surface area (Å²) in [7, 11) is -3.51. The Morgan fingerprint density at radius 1 is 1.06 bits per heavy atom. The van der Waals surface area contributed by atoms with Crippen molar-refractivity contribution >= 4 is 21.9 Å². The highest BCUT2D eigenvalue weighted by molar-refractivity contribution is 7.99. The highest BCUT2D eigenvalue weighted by atomic mass is 32.2. The minimum Gasteiger partial charge on any atom is -0.411 e. The zero-order chi connectivity index (χ0) is 21.7. The molecule has 0 spiro atoms. The van der Waals surface area contributed by atoms with Crippen LogP contribution in [0.1, 0.15) is 17.5 Å². The van der Waals surface area contributed by atoms with Gasteiger partial charge in [-0.25, -0.2) is 0 Å². The van der Waals surface area contributed by atoms with Crippen molar-refractivity contribution in [3.63, 3.8) is 0 Å². The van der Waals surface area contributed by atoms with Gasteiger partial charge in [0.15, 0.2) is 0 Å². The molecule has 9 heteroatoms. The zero-order valence-electron chi connectivity index (χ0n) is 17.4. The summed E-state index contributed by atoms with van der Waals surface area (Å²) in [5.74, 6) is 1.85. The van der Waals surface area contributed by atoms with Gasteiger partial charge in [0.05, 0.1) is 6.26 Å². The van der Waals surface area contributed by atoms with Crippen LogP contribution in [-0.2, 0) is 23.0 Å². The molecule has 0 amide bonds. The standard InChI is InChI=1S/C22H25N3O4S2/c1-31(26,27)29-20-9-8-17-10-13-25(14-11-19(17)16-20)12-5-15-30-22-24-23-21(28-22)18-6-3-2-4-7-18/h2-4,6-9,16H,5,10-15H2,1H3. The van der Waals surface area contributed by atoms with Gasteiger partial charge in [-0.05, 0) is 61.2 Å². The average molecular weight is 460 g/mol. The van der Waals surface area contributed by atoms with Gasteiger partial charge in [-0.15, -0.1) is 10.2 Å². The molecule has 2 heterocycles. The first-order chi connectivity index (χ1) is 15.0. The molecule has 0 N–H and O–H groups in total. The number of hydrogen-bond acceptors (Lipinski definition) is 8. The molecule has 1 aliphatic rings. The average Bonchev–Trinajstić information content (AvgIpc) is 3.12. The molecule has 1 aromatic heterocycles. The second-order valence-corrected chi connectivity index (χ2v) is 10.1. The first kappa shape index (κ1) is 21.9. The summed E-state index contributed by atoms with van der Waals surface area (Å²) in [6.07, 6.45) is 3.92. The van der Waals surface area contributed by atoms with E-state index in [1.165, 1.54) is 5.56 Å². The molecule has 3 aromatic rings. The maximum Gasteiger partial charge on any atom is 0.306 e. The van der Waals surface area contributed by atoms with Gasteiger partial charge in [-0.2, -0.15) is 8.42 Å². The Morgan fingerprint density at radius 2 is 1.84 bits per heavy atom. The number of benzene rings is 2. The summed E-state index contributed by atoms with van der Waals surface area (Å²) in [4.78, 5) is 2.45. The second kappa shape index (κ2) is 9.84. The number of nitrogens with zero attached hydrogens (tertiary/aromatic N) is 3. The summed E-state index contributed by atoms with van der Waals surface area (Å²) in [5.41, 5.74) is 3.35. The normalized spacial score (nSPS) is 14.7. The molecule has 0 radical (unpaired) electrons. The van der Waals surface area contributed by atoms with Crippen molar-refractivity contribution in [1.82, 2.24) is 15.1 Å². The van der Waals surface area contributed by atoms with Crippen LogP contribution in [0.3, 0.4) is 0 Å². The van der Waals surface area contributed by atoms with Crippen LogP contribution < -0.4 is 4.18 Å². The zero-order valence-corrected chi connectivity index (χ0v) is 19.0. The Kier molecular flexibility index (Phi) is 6.94. The van der Waals surface area contributed by atoms with Gasteiger partial charge in [-0.1, -0.05) is 36.0 Å². The van der Waals surface area contributed by atoms with E-state index in [1.807, 2.05) is 42.5 Å². The lowest BCUT2D eigenvalue weighted by Gasteiger charge is -2.19. The summed E-state index contributed by atoms with van der Waals surface area (Å²) < 4.78 is 33.5. The maximum atomic E-state index is 11.4. The maximum absolute atomic E-state index is 11.4. The summed E-state index contributed by atoms with van der Waals surface area (Å²) >= 11 is 1.58. The smallest absolute Gasteiger partial charge is 0.306 e. The fourth-order valence-electron chi connectivity index (χ4n) is 3.61. The van der Waals surface area contributed by atoms with Gasteiger partial charge in [0, 0.05) is 24.4 Å². The Hall–Kier alpha value is -2.36. The van der Waals surface area contributed by atoms with E-state index in [0.29, 0.717) is 16.9 Å². The number of hydrogen-bond donors (Lipinski definition) is 0. The van der Waals surface area contributed by atoms with Crippen LogP contribution in [0.15, 0.2) is 58.2 Å². The summed E-state index contributed by atoms with van der Waals surface area (Å²) in [5, 5.41) is 8.85. The van der Waals surface area contributed by atoms with Gasteiger partial charge >= 0.3 is 10.1 Å². The molecule has 7 nitrogen and oxygen atoms in total. The first-order valence-corrected chi connectivity index (χ1v) is 13.0. The van der Waals surface area contributed by atoms with Crippen molar-refractivity contribution < 1.29 is 17.0 Å². The first-order valence-electron chi connectivity index (χ1n) is 10.2. The summed E-state index contributed by atoms with van der Waals surface area (Å²) in [6, 6.07) is 15.3. The molecule has 4 rings (SSSR count). The third kappa shape index (κ3) is 6.32. The fourth-order valence-corrected chi connectivity index (χ4v) is 4.75. The Labute approximate surface area is 186 Å². The van der Waals surface area contributed by atoms with Crippen molar-refractivity contribution in [3.05, 3.63) is 59.7 Å². The van der Waals surface area contributed by atoms with Crippen LogP contribution >= 0.6 is 11.8 Å². The third-order valence-electron chi connectivity index (χ3n) is 5.09. The molecule has 0 saturated heterocycles. The molecule has 0 saturated carbocycles. The van der Waals surface area contributed by atoms with E-state index in [0.717, 1.165) is 62.0 Å². The number of rotatable bonds is 8. The van der Waals surface area contributed by atoms with Gasteiger partial charge in [0.2, 0.25) is 5.89 Å². The van der Waals surface area contributed by atoms with Gasteiger partial charge in [0.1, 0.15) is 5.75 Å². The van der Waals surface area contributed by atoms with Gasteiger partial charge < -0.3 is 13.5 Å². The second-order valence-electron chi connectivity index (χ2n) is 7.50. The van der Waals surface area contributed by atoms with E-state index in [4.69, 9.17) is 8.60 Å². The minimum atomic E-state index is -3.51. The molecule has 0 atom stereocenters. The molecule has 0 aliphatic carbocycles. The highest BCUT2D eigenvalue weighted by Gasteiger charge is 2.16. The van der Waals surface area contributed by atoms with Crippen LogP contribution in [0.25, 0.3) is 11.5 Å². The SMILES string of the molecule is CS(=O)(=O)Oc1ccc2c(c1)CCN(CCCSc1nnc(-c3ccccc3)o1)CC2. The molecule has 31 heavy (non-hydrogen) atoms. The van der Waals surface area contributed by atoms with E-state index in [9.17, 15) is 8.42 Å². The third-order valence-corrected chi connectivity index (χ3v) is 6.49. The number of thioether (sulfide) groups is 1. The van der Waals surface area contributed by atoms with Gasteiger partial charge in [0.25, 0.3) is 5.22 Å². The quantitative estimate of drug-likeness (QED) is 0.287. The molecular formula is C22H25N3O4S2. The van der Waals surface area contributed by atoms with Crippen molar-refractivity contribution in [3.8, 4) is 17.2 Å². The van der Waals surface area contributed by atoms with E-state index in [1.54, 1.807) is 17.8 Å². The molecule has 1 aliphatic heterocycles. The Morgan fingerprint density at radius 3 is 2.61 bits per heavy atom. The Balaban J connectivity index is 1.23. The molecule has 0 bridgehead atoms. The fraction of sp³-hybridized carbons (Fsp3) is 0.364. The van der Waals surface area contributed by atoms with Crippen LogP contribution in [0, 0.1) is 0 Å². The molecule has 164 valence electrons. The van der Waals surface area contributed by atoms with Crippen LogP contribution in [0.2, 0.25) is 0 Å². The lowest BCUT2D eigenvalue weighted by molar-refractivity contribution is 0.289. The number of aromatic nitrogens is 2. The predicted molar refractivity (Wildman–Crippen MR) is 121 cm³/mol. The predicted octanol–water partition coefficient (Wildman–Crippen LogP) is 3.66. The van der Waals surface area contributed by atoms with Gasteiger partial charge in [-0.3, -0.25) is 0 Å². The molecular weight excluding hydrogens is 434 g/mol. The van der Waals surface area contributed by atoms with Crippen molar-refractivity contribution in [1.29, 1.82) is 0 Å². The number of fused-ring (bicyclic) bond motifs is 1. The van der Waals surface area contributed by atoms with Crippen molar-refractivity contribution in [2.45, 2.75) is 24.5 Å². The van der Waals surface area contributed by atoms with Crippen LogP contribution in [-0.4, -0.2) is 55.2 Å². The lowest BCUT2D eigenvalue weighted by Crippen LogP contribution is -2.27. The topological polar surface area (TPSA) is 85.5 Å². The largest absolute Gasteiger partial charge is 0.411 e. The Bertz CT molecular complexity index is 1120. The molecule has 0 fully saturated rings. The molecule has 0 unspecified atom stereocenters. The van der Waals surface area contributed by atoms with Crippen LogP contribution in [0.4, 0.5) is 0 Å².